The van der Waals surface area contributed by atoms with Gasteiger partial charge in [0.25, 0.3) is 0 Å². The fraction of sp³-hybridized carbons (Fsp3) is 0.417. The molecule has 1 heterocycles. The first-order valence-electron chi connectivity index (χ1n) is 5.69. The minimum atomic E-state index is 0.124. The Kier molecular flexibility index (Phi) is 3.69. The van der Waals surface area contributed by atoms with Gasteiger partial charge in [0, 0.05) is 13.0 Å². The van der Waals surface area contributed by atoms with E-state index in [1.807, 2.05) is 18.2 Å². The third-order valence-electron chi connectivity index (χ3n) is 2.51. The molecule has 5 nitrogen and oxygen atoms in total. The summed E-state index contributed by atoms with van der Waals surface area (Å²) in [6, 6.07) is 5.93. The van der Waals surface area contributed by atoms with E-state index in [2.05, 4.69) is 4.99 Å². The Morgan fingerprint density at radius 2 is 1.94 bits per heavy atom. The molecule has 0 atom stereocenters. The first-order valence-corrected chi connectivity index (χ1v) is 5.69. The van der Waals surface area contributed by atoms with Gasteiger partial charge in [-0.3, -0.25) is 4.99 Å². The molecule has 1 aromatic rings. The molecule has 2 rings (SSSR count). The standard InChI is InChI=1S/C12H17N3O2/c13-12(14)15-5-4-9-2-3-10-11(8-9)17-7-1-6-16-10/h2-3,8H,1,4-7H2,(H4,13,14,15). The van der Waals surface area contributed by atoms with Crippen LogP contribution < -0.4 is 20.9 Å². The Morgan fingerprint density at radius 3 is 2.71 bits per heavy atom. The van der Waals surface area contributed by atoms with E-state index < -0.39 is 0 Å². The number of guanidine groups is 1. The molecule has 0 bridgehead atoms. The number of nitrogens with two attached hydrogens (primary N) is 2. The summed E-state index contributed by atoms with van der Waals surface area (Å²) in [6.07, 6.45) is 1.70. The second kappa shape index (κ2) is 5.43. The van der Waals surface area contributed by atoms with Crippen molar-refractivity contribution in [3.05, 3.63) is 23.8 Å². The second-order valence-electron chi connectivity index (χ2n) is 3.89. The van der Waals surface area contributed by atoms with Crippen molar-refractivity contribution < 1.29 is 9.47 Å². The topological polar surface area (TPSA) is 82.9 Å². The molecule has 17 heavy (non-hydrogen) atoms. The Hall–Kier alpha value is -1.91. The van der Waals surface area contributed by atoms with Crippen LogP contribution in [0.2, 0.25) is 0 Å². The van der Waals surface area contributed by atoms with Gasteiger partial charge in [0.05, 0.1) is 13.2 Å². The van der Waals surface area contributed by atoms with E-state index in [0.29, 0.717) is 19.8 Å². The molecule has 1 aliphatic heterocycles. The molecule has 0 radical (unpaired) electrons. The monoisotopic (exact) mass is 235 g/mol. The molecule has 0 unspecified atom stereocenters. The fourth-order valence-electron chi connectivity index (χ4n) is 1.68. The zero-order chi connectivity index (χ0) is 12.1. The van der Waals surface area contributed by atoms with Crippen LogP contribution in [0.3, 0.4) is 0 Å². The summed E-state index contributed by atoms with van der Waals surface area (Å²) in [5.74, 6) is 1.75. The van der Waals surface area contributed by atoms with Gasteiger partial charge in [-0.25, -0.2) is 0 Å². The van der Waals surface area contributed by atoms with Gasteiger partial charge in [0.1, 0.15) is 0 Å². The largest absolute Gasteiger partial charge is 0.490 e. The predicted octanol–water partition coefficient (Wildman–Crippen LogP) is 0.664. The molecule has 0 fully saturated rings. The molecular formula is C12H17N3O2. The Labute approximate surface area is 100 Å². The summed E-state index contributed by atoms with van der Waals surface area (Å²) in [5, 5.41) is 0. The van der Waals surface area contributed by atoms with Gasteiger partial charge in [-0.1, -0.05) is 6.07 Å². The van der Waals surface area contributed by atoms with E-state index in [0.717, 1.165) is 29.9 Å². The van der Waals surface area contributed by atoms with Gasteiger partial charge in [-0.2, -0.15) is 0 Å². The highest BCUT2D eigenvalue weighted by Crippen LogP contribution is 2.30. The summed E-state index contributed by atoms with van der Waals surface area (Å²) < 4.78 is 11.2. The summed E-state index contributed by atoms with van der Waals surface area (Å²) >= 11 is 0. The van der Waals surface area contributed by atoms with Crippen LogP contribution >= 0.6 is 0 Å². The van der Waals surface area contributed by atoms with E-state index in [9.17, 15) is 0 Å². The van der Waals surface area contributed by atoms with Crippen LogP contribution in [0, 0.1) is 0 Å². The molecular weight excluding hydrogens is 218 g/mol. The van der Waals surface area contributed by atoms with Crippen LogP contribution in [0.5, 0.6) is 11.5 Å². The number of fused-ring (bicyclic) bond motifs is 1. The highest BCUT2D eigenvalue weighted by atomic mass is 16.5. The normalized spacial score (nSPS) is 13.9. The van der Waals surface area contributed by atoms with Crippen molar-refractivity contribution in [2.45, 2.75) is 12.8 Å². The lowest BCUT2D eigenvalue weighted by molar-refractivity contribution is 0.297. The molecule has 0 saturated heterocycles. The third kappa shape index (κ3) is 3.27. The predicted molar refractivity (Wildman–Crippen MR) is 66.4 cm³/mol. The number of rotatable bonds is 3. The number of hydrogen-bond donors (Lipinski definition) is 2. The van der Waals surface area contributed by atoms with Crippen molar-refractivity contribution in [1.82, 2.24) is 0 Å². The smallest absolute Gasteiger partial charge is 0.185 e. The van der Waals surface area contributed by atoms with Gasteiger partial charge in [-0.05, 0) is 24.1 Å². The Balaban J connectivity index is 2.04. The van der Waals surface area contributed by atoms with Gasteiger partial charge in [-0.15, -0.1) is 0 Å². The van der Waals surface area contributed by atoms with Crippen molar-refractivity contribution in [1.29, 1.82) is 0 Å². The average Bonchev–Trinajstić information content (AvgIpc) is 2.53. The minimum absolute atomic E-state index is 0.124. The Morgan fingerprint density at radius 1 is 1.18 bits per heavy atom. The van der Waals surface area contributed by atoms with Crippen LogP contribution in [0.4, 0.5) is 0 Å². The van der Waals surface area contributed by atoms with Crippen LogP contribution in [-0.2, 0) is 6.42 Å². The highest BCUT2D eigenvalue weighted by molar-refractivity contribution is 5.75. The first-order chi connectivity index (χ1) is 8.25. The van der Waals surface area contributed by atoms with Gasteiger partial charge in [0.2, 0.25) is 0 Å². The van der Waals surface area contributed by atoms with Crippen LogP contribution in [0.1, 0.15) is 12.0 Å². The molecule has 92 valence electrons. The quantitative estimate of drug-likeness (QED) is 0.595. The summed E-state index contributed by atoms with van der Waals surface area (Å²) in [4.78, 5) is 3.95. The van der Waals surface area contributed by atoms with Crippen molar-refractivity contribution in [3.63, 3.8) is 0 Å². The summed E-state index contributed by atoms with van der Waals surface area (Å²) in [6.45, 7) is 1.99. The van der Waals surface area contributed by atoms with Crippen molar-refractivity contribution in [2.24, 2.45) is 16.5 Å². The summed E-state index contributed by atoms with van der Waals surface area (Å²) in [7, 11) is 0. The summed E-state index contributed by atoms with van der Waals surface area (Å²) in [5.41, 5.74) is 11.7. The molecule has 0 aliphatic carbocycles. The molecule has 0 spiro atoms. The molecule has 0 saturated carbocycles. The molecule has 0 aromatic heterocycles. The van der Waals surface area contributed by atoms with Gasteiger partial charge in [0.15, 0.2) is 17.5 Å². The zero-order valence-corrected chi connectivity index (χ0v) is 9.69. The van der Waals surface area contributed by atoms with Gasteiger partial charge < -0.3 is 20.9 Å². The maximum atomic E-state index is 5.61. The molecule has 1 aromatic carbocycles. The number of aliphatic imine (C=N–C) groups is 1. The van der Waals surface area contributed by atoms with Gasteiger partial charge >= 0.3 is 0 Å². The van der Waals surface area contributed by atoms with Crippen LogP contribution in [0.25, 0.3) is 0 Å². The maximum Gasteiger partial charge on any atom is 0.185 e. The van der Waals surface area contributed by atoms with E-state index in [4.69, 9.17) is 20.9 Å². The number of ether oxygens (including phenoxy) is 2. The maximum absolute atomic E-state index is 5.61. The van der Waals surface area contributed by atoms with Crippen molar-refractivity contribution >= 4 is 5.96 Å². The van der Waals surface area contributed by atoms with Crippen LogP contribution in [-0.4, -0.2) is 25.7 Å². The van der Waals surface area contributed by atoms with Crippen molar-refractivity contribution in [2.75, 3.05) is 19.8 Å². The van der Waals surface area contributed by atoms with E-state index in [1.165, 1.54) is 0 Å². The SMILES string of the molecule is NC(N)=NCCc1ccc2c(c1)OCCCO2. The molecule has 0 amide bonds. The number of benzene rings is 1. The van der Waals surface area contributed by atoms with Crippen LogP contribution in [0.15, 0.2) is 23.2 Å². The lowest BCUT2D eigenvalue weighted by atomic mass is 10.1. The lowest BCUT2D eigenvalue weighted by Crippen LogP contribution is -2.23. The first kappa shape index (κ1) is 11.6. The third-order valence-corrected chi connectivity index (χ3v) is 2.51. The van der Waals surface area contributed by atoms with Crippen molar-refractivity contribution in [3.8, 4) is 11.5 Å². The molecule has 1 aliphatic rings. The Bertz CT molecular complexity index is 414. The van der Waals surface area contributed by atoms with E-state index in [1.54, 1.807) is 0 Å². The molecule has 4 N–H and O–H groups in total. The molecule has 5 heteroatoms. The number of hydrogen-bond acceptors (Lipinski definition) is 3. The average molecular weight is 235 g/mol. The fourth-order valence-corrected chi connectivity index (χ4v) is 1.68. The lowest BCUT2D eigenvalue weighted by Gasteiger charge is -2.08. The second-order valence-corrected chi connectivity index (χ2v) is 3.89. The van der Waals surface area contributed by atoms with E-state index >= 15 is 0 Å². The number of nitrogens with zero attached hydrogens (tertiary/aromatic N) is 1. The van der Waals surface area contributed by atoms with E-state index in [-0.39, 0.29) is 5.96 Å². The minimum Gasteiger partial charge on any atom is -0.490 e. The zero-order valence-electron chi connectivity index (χ0n) is 9.69. The highest BCUT2D eigenvalue weighted by Gasteiger charge is 2.10.